The normalized spacial score (nSPS) is 21.1. The molecule has 1 spiro atoms. The van der Waals surface area contributed by atoms with Gasteiger partial charge in [0, 0.05) is 32.7 Å². The van der Waals surface area contributed by atoms with Gasteiger partial charge in [-0.3, -0.25) is 14.5 Å². The Hall–Kier alpha value is -2.25. The smallest absolute Gasteiger partial charge is 0.257 e. The molecule has 0 radical (unpaired) electrons. The monoisotopic (exact) mass is 356 g/mol. The standard InChI is InChI=1S/C19H24N4O3/c1-22-11-15(10-21-22)18(24)23-13-19(14-23)16(6-9-26-19)5-8-25-12-17-4-2-3-7-20-17/h2-4,7,10-11,16H,5-6,8-9,12-14H2,1H3/t16-/m0/s1. The molecule has 0 unspecified atom stereocenters. The zero-order valence-electron chi connectivity index (χ0n) is 15.0. The molecule has 2 aliphatic rings. The van der Waals surface area contributed by atoms with Gasteiger partial charge in [-0.2, -0.15) is 5.10 Å². The molecule has 2 saturated heterocycles. The zero-order valence-corrected chi connectivity index (χ0v) is 15.0. The second-order valence-electron chi connectivity index (χ2n) is 7.13. The Labute approximate surface area is 152 Å². The van der Waals surface area contributed by atoms with E-state index in [9.17, 15) is 4.79 Å². The first-order chi connectivity index (χ1) is 12.7. The SMILES string of the molecule is Cn1cc(C(=O)N2CC3(C2)OCC[C@@H]3CCOCc2ccccn2)cn1. The van der Waals surface area contributed by atoms with Crippen LogP contribution in [0.2, 0.25) is 0 Å². The maximum atomic E-state index is 12.5. The van der Waals surface area contributed by atoms with Gasteiger partial charge in [-0.05, 0) is 30.9 Å². The molecule has 0 saturated carbocycles. The van der Waals surface area contributed by atoms with Gasteiger partial charge in [-0.1, -0.05) is 6.07 Å². The van der Waals surface area contributed by atoms with Gasteiger partial charge in [0.15, 0.2) is 0 Å². The minimum absolute atomic E-state index is 0.0318. The molecule has 0 bridgehead atoms. The molecule has 138 valence electrons. The Kier molecular flexibility index (Phi) is 4.74. The molecule has 0 aliphatic carbocycles. The number of hydrogen-bond donors (Lipinski definition) is 0. The van der Waals surface area contributed by atoms with E-state index in [1.54, 1.807) is 23.3 Å². The van der Waals surface area contributed by atoms with Crippen LogP contribution in [0.15, 0.2) is 36.8 Å². The van der Waals surface area contributed by atoms with Gasteiger partial charge in [0.2, 0.25) is 0 Å². The van der Waals surface area contributed by atoms with Crippen LogP contribution in [-0.4, -0.2) is 57.5 Å². The fourth-order valence-electron chi connectivity index (χ4n) is 3.89. The molecular weight excluding hydrogens is 332 g/mol. The molecule has 2 aliphatic heterocycles. The summed E-state index contributed by atoms with van der Waals surface area (Å²) >= 11 is 0. The van der Waals surface area contributed by atoms with Crippen molar-refractivity contribution in [2.45, 2.75) is 25.0 Å². The van der Waals surface area contributed by atoms with Crippen LogP contribution in [0.25, 0.3) is 0 Å². The number of likely N-dealkylation sites (tertiary alicyclic amines) is 1. The third-order valence-electron chi connectivity index (χ3n) is 5.34. The summed E-state index contributed by atoms with van der Waals surface area (Å²) in [5, 5.41) is 4.07. The quantitative estimate of drug-likeness (QED) is 0.736. The van der Waals surface area contributed by atoms with Gasteiger partial charge < -0.3 is 14.4 Å². The largest absolute Gasteiger partial charge is 0.375 e. The summed E-state index contributed by atoms with van der Waals surface area (Å²) in [5.41, 5.74) is 1.39. The summed E-state index contributed by atoms with van der Waals surface area (Å²) in [6, 6.07) is 5.83. The van der Waals surface area contributed by atoms with Gasteiger partial charge >= 0.3 is 0 Å². The van der Waals surface area contributed by atoms with Crippen molar-refractivity contribution in [3.63, 3.8) is 0 Å². The number of hydrogen-bond acceptors (Lipinski definition) is 5. The summed E-state index contributed by atoms with van der Waals surface area (Å²) < 4.78 is 13.5. The first-order valence-corrected chi connectivity index (χ1v) is 9.06. The minimum atomic E-state index is -0.188. The number of ether oxygens (including phenoxy) is 2. The van der Waals surface area contributed by atoms with E-state index in [1.165, 1.54) is 0 Å². The number of rotatable bonds is 6. The van der Waals surface area contributed by atoms with Crippen LogP contribution in [0.3, 0.4) is 0 Å². The molecule has 7 heteroatoms. The summed E-state index contributed by atoms with van der Waals surface area (Å²) in [6.07, 6.45) is 7.13. The van der Waals surface area contributed by atoms with Gasteiger partial charge in [-0.25, -0.2) is 0 Å². The number of aromatic nitrogens is 3. The van der Waals surface area contributed by atoms with E-state index in [4.69, 9.17) is 9.47 Å². The van der Waals surface area contributed by atoms with E-state index in [1.807, 2.05) is 30.1 Å². The molecule has 2 fully saturated rings. The molecule has 2 aromatic heterocycles. The molecule has 0 N–H and O–H groups in total. The van der Waals surface area contributed by atoms with Crippen molar-refractivity contribution in [2.24, 2.45) is 13.0 Å². The van der Waals surface area contributed by atoms with E-state index >= 15 is 0 Å². The highest BCUT2D eigenvalue weighted by Gasteiger charge is 2.54. The molecule has 26 heavy (non-hydrogen) atoms. The average molecular weight is 356 g/mol. The van der Waals surface area contributed by atoms with Crippen molar-refractivity contribution in [3.05, 3.63) is 48.0 Å². The van der Waals surface area contributed by atoms with E-state index in [0.29, 0.717) is 37.8 Å². The van der Waals surface area contributed by atoms with E-state index in [2.05, 4.69) is 10.1 Å². The number of carbonyl (C=O) groups excluding carboxylic acids is 1. The number of amides is 1. The first kappa shape index (κ1) is 17.2. The van der Waals surface area contributed by atoms with E-state index in [-0.39, 0.29) is 11.5 Å². The van der Waals surface area contributed by atoms with Crippen molar-refractivity contribution in [2.75, 3.05) is 26.3 Å². The van der Waals surface area contributed by atoms with Crippen molar-refractivity contribution in [3.8, 4) is 0 Å². The Balaban J connectivity index is 1.26. The number of nitrogens with zero attached hydrogens (tertiary/aromatic N) is 4. The number of aryl methyl sites for hydroxylation is 1. The second-order valence-corrected chi connectivity index (χ2v) is 7.13. The number of carbonyl (C=O) groups is 1. The highest BCUT2D eigenvalue weighted by Crippen LogP contribution is 2.42. The summed E-state index contributed by atoms with van der Waals surface area (Å²) in [4.78, 5) is 18.6. The third-order valence-corrected chi connectivity index (χ3v) is 5.34. The minimum Gasteiger partial charge on any atom is -0.375 e. The third kappa shape index (κ3) is 3.37. The van der Waals surface area contributed by atoms with Gasteiger partial charge in [0.25, 0.3) is 5.91 Å². The van der Waals surface area contributed by atoms with Gasteiger partial charge in [0.1, 0.15) is 5.60 Å². The van der Waals surface area contributed by atoms with Crippen LogP contribution in [0.5, 0.6) is 0 Å². The Morgan fingerprint density at radius 3 is 3.04 bits per heavy atom. The molecule has 0 aromatic carbocycles. The van der Waals surface area contributed by atoms with Crippen LogP contribution in [-0.2, 0) is 23.1 Å². The molecular formula is C19H24N4O3. The Bertz CT molecular complexity index is 755. The maximum absolute atomic E-state index is 12.5. The predicted molar refractivity (Wildman–Crippen MR) is 94.4 cm³/mol. The zero-order chi connectivity index (χ0) is 18.0. The van der Waals surface area contributed by atoms with Crippen LogP contribution in [0, 0.1) is 5.92 Å². The molecule has 1 atom stereocenters. The summed E-state index contributed by atoms with van der Waals surface area (Å²) in [5.74, 6) is 0.466. The molecule has 7 nitrogen and oxygen atoms in total. The second kappa shape index (κ2) is 7.17. The average Bonchev–Trinajstić information content (AvgIpc) is 3.24. The lowest BCUT2D eigenvalue weighted by Crippen LogP contribution is -2.66. The lowest BCUT2D eigenvalue weighted by Gasteiger charge is -2.50. The lowest BCUT2D eigenvalue weighted by molar-refractivity contribution is -0.120. The van der Waals surface area contributed by atoms with Crippen molar-refractivity contribution in [1.82, 2.24) is 19.7 Å². The summed E-state index contributed by atoms with van der Waals surface area (Å²) in [6.45, 7) is 3.30. The lowest BCUT2D eigenvalue weighted by atomic mass is 9.79. The van der Waals surface area contributed by atoms with Gasteiger partial charge in [-0.15, -0.1) is 0 Å². The Morgan fingerprint density at radius 1 is 1.42 bits per heavy atom. The Morgan fingerprint density at radius 2 is 2.31 bits per heavy atom. The van der Waals surface area contributed by atoms with E-state index in [0.717, 1.165) is 25.1 Å². The van der Waals surface area contributed by atoms with Crippen LogP contribution in [0.1, 0.15) is 28.9 Å². The summed E-state index contributed by atoms with van der Waals surface area (Å²) in [7, 11) is 1.81. The first-order valence-electron chi connectivity index (χ1n) is 9.06. The molecule has 4 heterocycles. The van der Waals surface area contributed by atoms with Crippen molar-refractivity contribution >= 4 is 5.91 Å². The van der Waals surface area contributed by atoms with Crippen molar-refractivity contribution in [1.29, 1.82) is 0 Å². The topological polar surface area (TPSA) is 69.5 Å². The van der Waals surface area contributed by atoms with E-state index < -0.39 is 0 Å². The van der Waals surface area contributed by atoms with Crippen LogP contribution >= 0.6 is 0 Å². The highest BCUT2D eigenvalue weighted by molar-refractivity contribution is 5.94. The fraction of sp³-hybridized carbons (Fsp3) is 0.526. The van der Waals surface area contributed by atoms with Crippen molar-refractivity contribution < 1.29 is 14.3 Å². The fourth-order valence-corrected chi connectivity index (χ4v) is 3.89. The molecule has 2 aromatic rings. The maximum Gasteiger partial charge on any atom is 0.257 e. The van der Waals surface area contributed by atoms with Crippen LogP contribution < -0.4 is 0 Å². The van der Waals surface area contributed by atoms with Gasteiger partial charge in [0.05, 0.1) is 37.2 Å². The highest BCUT2D eigenvalue weighted by atomic mass is 16.5. The molecule has 1 amide bonds. The predicted octanol–water partition coefficient (Wildman–Crippen LogP) is 1.65. The molecule has 4 rings (SSSR count). The van der Waals surface area contributed by atoms with Crippen LogP contribution in [0.4, 0.5) is 0 Å². The number of pyridine rings is 1.